The first-order chi connectivity index (χ1) is 14.4. The average Bonchev–Trinajstić information content (AvgIpc) is 2.66. The van der Waals surface area contributed by atoms with Gasteiger partial charge in [0.15, 0.2) is 0 Å². The zero-order chi connectivity index (χ0) is 24.8. The van der Waals surface area contributed by atoms with Crippen molar-refractivity contribution in [2.24, 2.45) is 11.8 Å². The van der Waals surface area contributed by atoms with E-state index in [1.165, 1.54) is 16.7 Å². The molecule has 0 aromatic rings. The van der Waals surface area contributed by atoms with Gasteiger partial charge in [-0.1, -0.05) is 12.2 Å². The number of alkyl halides is 10. The van der Waals surface area contributed by atoms with Crippen molar-refractivity contribution in [3.63, 3.8) is 0 Å². The van der Waals surface area contributed by atoms with E-state index in [4.69, 9.17) is 0 Å². The van der Waals surface area contributed by atoms with Crippen LogP contribution in [0.25, 0.3) is 0 Å². The molecule has 2 atom stereocenters. The zero-order valence-electron chi connectivity index (χ0n) is 16.0. The Hall–Kier alpha value is -2.42. The second-order valence-electron chi connectivity index (χ2n) is 6.83. The summed E-state index contributed by atoms with van der Waals surface area (Å²) in [6.45, 7) is -4.83. The first-order valence-electron chi connectivity index (χ1n) is 8.81. The second kappa shape index (κ2) is 10.5. The summed E-state index contributed by atoms with van der Waals surface area (Å²) in [6.07, 6.45) is -11.2. The van der Waals surface area contributed by atoms with E-state index in [0.29, 0.717) is 6.42 Å². The summed E-state index contributed by atoms with van der Waals surface area (Å²) in [7, 11) is 0. The first-order valence-corrected chi connectivity index (χ1v) is 8.81. The maximum Gasteiger partial charge on any atom is 0.455 e. The lowest BCUT2D eigenvalue weighted by atomic mass is 9.87. The minimum Gasteiger partial charge on any atom is -0.449 e. The molecule has 0 heterocycles. The van der Waals surface area contributed by atoms with Gasteiger partial charge in [-0.05, 0) is 18.8 Å². The summed E-state index contributed by atoms with van der Waals surface area (Å²) < 4.78 is 132. The first kappa shape index (κ1) is 27.6. The van der Waals surface area contributed by atoms with E-state index in [-0.39, 0.29) is 13.0 Å². The van der Waals surface area contributed by atoms with E-state index >= 15 is 0 Å². The molecule has 0 saturated carbocycles. The van der Waals surface area contributed by atoms with Crippen molar-refractivity contribution in [2.75, 3.05) is 26.3 Å². The largest absolute Gasteiger partial charge is 0.455 e. The number of hydrogen-bond donors (Lipinski definition) is 2. The number of hydrogen-bond acceptors (Lipinski definition) is 4. The van der Waals surface area contributed by atoms with E-state index in [2.05, 4.69) is 9.47 Å². The highest BCUT2D eigenvalue weighted by molar-refractivity contribution is 5.67. The van der Waals surface area contributed by atoms with Crippen LogP contribution in [-0.4, -0.2) is 62.7 Å². The van der Waals surface area contributed by atoms with E-state index < -0.39 is 67.9 Å². The lowest BCUT2D eigenvalue weighted by Crippen LogP contribution is -2.47. The van der Waals surface area contributed by atoms with Gasteiger partial charge in [0.2, 0.25) is 0 Å². The molecule has 0 aliphatic heterocycles. The van der Waals surface area contributed by atoms with Crippen LogP contribution >= 0.6 is 0 Å². The van der Waals surface area contributed by atoms with Crippen LogP contribution in [-0.2, 0) is 9.47 Å². The number of nitrogens with one attached hydrogen (secondary N) is 2. The Labute approximate surface area is 174 Å². The third-order valence-electron chi connectivity index (χ3n) is 4.13. The van der Waals surface area contributed by atoms with Crippen LogP contribution in [0.4, 0.5) is 53.5 Å². The number of rotatable bonds is 8. The highest BCUT2D eigenvalue weighted by Crippen LogP contribution is 2.35. The Bertz CT molecular complexity index is 679. The number of amides is 2. The van der Waals surface area contributed by atoms with Gasteiger partial charge in [0.05, 0.1) is 26.3 Å². The molecule has 0 saturated heterocycles. The molecule has 1 aliphatic carbocycles. The van der Waals surface area contributed by atoms with Crippen molar-refractivity contribution >= 4 is 12.2 Å². The fourth-order valence-corrected chi connectivity index (χ4v) is 2.37. The zero-order valence-corrected chi connectivity index (χ0v) is 16.0. The van der Waals surface area contributed by atoms with Gasteiger partial charge in [-0.25, -0.2) is 9.59 Å². The van der Waals surface area contributed by atoms with Crippen LogP contribution in [0.15, 0.2) is 12.2 Å². The number of ether oxygens (including phenoxy) is 2. The summed E-state index contributed by atoms with van der Waals surface area (Å²) in [5, 5.41) is 2.57. The van der Waals surface area contributed by atoms with Gasteiger partial charge in [0, 0.05) is 5.92 Å². The van der Waals surface area contributed by atoms with Crippen molar-refractivity contribution in [1.29, 1.82) is 0 Å². The maximum absolute atomic E-state index is 12.7. The summed E-state index contributed by atoms with van der Waals surface area (Å²) in [4.78, 5) is 22.6. The normalized spacial score (nSPS) is 19.9. The molecule has 0 bridgehead atoms. The van der Waals surface area contributed by atoms with Gasteiger partial charge in [0.25, 0.3) is 0 Å². The van der Waals surface area contributed by atoms with Crippen LogP contribution in [0, 0.1) is 11.8 Å². The Kier molecular flexibility index (Phi) is 9.03. The van der Waals surface area contributed by atoms with E-state index in [1.807, 2.05) is 0 Å². The maximum atomic E-state index is 12.7. The molecular formula is C16H18F10N2O4. The quantitative estimate of drug-likeness (QED) is 0.389. The highest BCUT2D eigenvalue weighted by atomic mass is 19.4. The number of alkyl carbamates (subject to hydrolysis) is 2. The van der Waals surface area contributed by atoms with Gasteiger partial charge >= 0.3 is 36.4 Å². The molecule has 0 aromatic carbocycles. The molecule has 16 heteroatoms. The van der Waals surface area contributed by atoms with Gasteiger partial charge in [-0.15, -0.1) is 0 Å². The predicted octanol–water partition coefficient (Wildman–Crippen LogP) is 4.42. The molecule has 2 unspecified atom stereocenters. The van der Waals surface area contributed by atoms with E-state index in [0.717, 1.165) is 0 Å². The fourth-order valence-electron chi connectivity index (χ4n) is 2.37. The predicted molar refractivity (Wildman–Crippen MR) is 86.1 cm³/mol. The molecule has 1 rings (SSSR count). The molecule has 0 spiro atoms. The Balaban J connectivity index is 2.35. The van der Waals surface area contributed by atoms with Gasteiger partial charge in [-0.2, -0.15) is 43.9 Å². The third-order valence-corrected chi connectivity index (χ3v) is 4.13. The minimum atomic E-state index is -5.85. The number of carbonyl (C=O) groups excluding carboxylic acids is 2. The lowest BCUT2D eigenvalue weighted by Gasteiger charge is -2.25. The summed E-state index contributed by atoms with van der Waals surface area (Å²) >= 11 is 0. The summed E-state index contributed by atoms with van der Waals surface area (Å²) in [6, 6.07) is 0. The third kappa shape index (κ3) is 8.61. The number of carbonyl (C=O) groups is 2. The van der Waals surface area contributed by atoms with Crippen molar-refractivity contribution < 1.29 is 63.0 Å². The van der Waals surface area contributed by atoms with E-state index in [9.17, 15) is 53.5 Å². The van der Waals surface area contributed by atoms with Gasteiger partial charge in [-0.3, -0.25) is 0 Å². The Morgan fingerprint density at radius 1 is 0.781 bits per heavy atom. The lowest BCUT2D eigenvalue weighted by molar-refractivity contribution is -0.278. The molecule has 2 amide bonds. The van der Waals surface area contributed by atoms with Crippen molar-refractivity contribution in [2.45, 2.75) is 37.0 Å². The van der Waals surface area contributed by atoms with Gasteiger partial charge < -0.3 is 20.1 Å². The fraction of sp³-hybridized carbons (Fsp3) is 0.750. The van der Waals surface area contributed by atoms with Gasteiger partial charge in [0.1, 0.15) is 0 Å². The molecule has 0 aromatic heterocycles. The van der Waals surface area contributed by atoms with Crippen LogP contribution in [0.3, 0.4) is 0 Å². The molecule has 2 N–H and O–H groups in total. The van der Waals surface area contributed by atoms with E-state index in [1.54, 1.807) is 6.08 Å². The molecule has 0 radical (unpaired) electrons. The minimum absolute atomic E-state index is 0.175. The Morgan fingerprint density at radius 2 is 1.22 bits per heavy atom. The van der Waals surface area contributed by atoms with Crippen LogP contribution in [0.5, 0.6) is 0 Å². The van der Waals surface area contributed by atoms with Crippen LogP contribution in [0.2, 0.25) is 0 Å². The molecule has 1 aliphatic rings. The average molecular weight is 492 g/mol. The topological polar surface area (TPSA) is 76.7 Å². The number of allylic oxidation sites excluding steroid dienone is 1. The standard InChI is InChI=1S/C16H18F10N2O4/c17-13(18,15(21,22)23)7-27-11(29)31-5-9-2-1-3-10(4-9)6-32-12(30)28-8-14(19,20)16(24,25)26/h1-2,9-10H,3-8H2,(H,27,29)(H,28,30). The molecule has 0 fully saturated rings. The van der Waals surface area contributed by atoms with Crippen LogP contribution in [0.1, 0.15) is 12.8 Å². The molecule has 6 nitrogen and oxygen atoms in total. The molecular weight excluding hydrogens is 474 g/mol. The molecule has 186 valence electrons. The van der Waals surface area contributed by atoms with Crippen molar-refractivity contribution in [3.8, 4) is 0 Å². The smallest absolute Gasteiger partial charge is 0.449 e. The van der Waals surface area contributed by atoms with Crippen molar-refractivity contribution in [3.05, 3.63) is 12.2 Å². The number of halogens is 10. The highest BCUT2D eigenvalue weighted by Gasteiger charge is 2.58. The van der Waals surface area contributed by atoms with Crippen molar-refractivity contribution in [1.82, 2.24) is 10.6 Å². The second-order valence-corrected chi connectivity index (χ2v) is 6.83. The SMILES string of the molecule is O=C(NCC(F)(F)C(F)(F)F)OCC1C=CCC(COC(=O)NCC(F)(F)C(F)(F)F)C1. The monoisotopic (exact) mass is 492 g/mol. The summed E-state index contributed by atoms with van der Waals surface area (Å²) in [5.41, 5.74) is 0. The Morgan fingerprint density at radius 3 is 1.66 bits per heavy atom. The van der Waals surface area contributed by atoms with Crippen LogP contribution < -0.4 is 10.6 Å². The summed E-state index contributed by atoms with van der Waals surface area (Å²) in [5.74, 6) is -11.3. The molecule has 32 heavy (non-hydrogen) atoms.